The van der Waals surface area contributed by atoms with Gasteiger partial charge in [-0.1, -0.05) is 75.3 Å². The molecule has 1 saturated heterocycles. The molecule has 262 valence electrons. The Labute approximate surface area is 289 Å². The summed E-state index contributed by atoms with van der Waals surface area (Å²) in [4.78, 5) is 23.8. The summed E-state index contributed by atoms with van der Waals surface area (Å²) in [5, 5.41) is 26.5. The van der Waals surface area contributed by atoms with Gasteiger partial charge in [0.1, 0.15) is 5.01 Å². The maximum atomic E-state index is 13.9. The first kappa shape index (κ1) is 37.5. The summed E-state index contributed by atoms with van der Waals surface area (Å²) in [7, 11) is -2.01. The van der Waals surface area contributed by atoms with Crippen molar-refractivity contribution >= 4 is 33.6 Å². The molecule has 11 nitrogen and oxygen atoms in total. The molecule has 13 heteroatoms. The van der Waals surface area contributed by atoms with Crippen LogP contribution in [0, 0.1) is 11.8 Å². The molecule has 3 aromatic rings. The minimum absolute atomic E-state index is 0.0231. The van der Waals surface area contributed by atoms with Gasteiger partial charge < -0.3 is 20.1 Å². The van der Waals surface area contributed by atoms with Gasteiger partial charge in [-0.25, -0.2) is 18.2 Å². The molecule has 2 aromatic carbocycles. The third-order valence-electron chi connectivity index (χ3n) is 8.90. The molecule has 2 N–H and O–H groups in total. The van der Waals surface area contributed by atoms with Crippen molar-refractivity contribution in [2.24, 2.45) is 17.0 Å². The molecular weight excluding hydrogens is 649 g/mol. The van der Waals surface area contributed by atoms with Crippen LogP contribution in [0.1, 0.15) is 56.4 Å². The van der Waals surface area contributed by atoms with E-state index >= 15 is 0 Å². The highest BCUT2D eigenvalue weighted by molar-refractivity contribution is 7.89. The fourth-order valence-corrected chi connectivity index (χ4v) is 8.37. The van der Waals surface area contributed by atoms with Crippen LogP contribution >= 0.6 is 11.3 Å². The monoisotopic (exact) mass is 698 g/mol. The van der Waals surface area contributed by atoms with Crippen molar-refractivity contribution in [2.45, 2.75) is 77.2 Å². The van der Waals surface area contributed by atoms with E-state index in [0.29, 0.717) is 44.1 Å². The highest BCUT2D eigenvalue weighted by Gasteiger charge is 2.34. The van der Waals surface area contributed by atoms with Crippen LogP contribution in [0.25, 0.3) is 0 Å². The molecule has 0 unspecified atom stereocenters. The van der Waals surface area contributed by atoms with E-state index in [1.54, 1.807) is 12.1 Å². The van der Waals surface area contributed by atoms with Crippen molar-refractivity contribution in [2.75, 3.05) is 33.2 Å². The topological polar surface area (TPSA) is 130 Å². The molecule has 0 spiro atoms. The average Bonchev–Trinajstić information content (AvgIpc) is 3.65. The Kier molecular flexibility index (Phi) is 13.1. The number of oxime groups is 1. The number of aromatic nitrogens is 1. The first-order chi connectivity index (χ1) is 22.8. The van der Waals surface area contributed by atoms with Crippen LogP contribution in [0.5, 0.6) is 0 Å². The Morgan fingerprint density at radius 1 is 1.02 bits per heavy atom. The quantitative estimate of drug-likeness (QED) is 0.116. The van der Waals surface area contributed by atoms with Crippen molar-refractivity contribution in [3.05, 3.63) is 81.8 Å². The van der Waals surface area contributed by atoms with Crippen LogP contribution in [0.4, 0.5) is 4.79 Å². The van der Waals surface area contributed by atoms with Crippen molar-refractivity contribution in [1.29, 1.82) is 0 Å². The standard InChI is InChI=1S/C35H50N6O5S2/c1-25(2)20-40(48(45,46)31-14-12-29(13-15-31)19-36-44)22-33(42)32(18-28-10-8-7-9-11-28)38(6)23-34-37-30(24-47-34)21-39-16-17-41(35(39)43)27(5)26(3)4/h7-15,19,24-27,32-33,42,44H,16-18,20-23H2,1-6H3/b36-19+/t27-,32-,33+/m0/s1. The second-order valence-corrected chi connectivity index (χ2v) is 16.3. The van der Waals surface area contributed by atoms with E-state index in [-0.39, 0.29) is 36.0 Å². The number of aliphatic hydroxyl groups is 1. The van der Waals surface area contributed by atoms with Gasteiger partial charge in [-0.15, -0.1) is 11.3 Å². The maximum Gasteiger partial charge on any atom is 0.320 e. The molecule has 0 aliphatic carbocycles. The molecule has 2 heterocycles. The molecule has 48 heavy (non-hydrogen) atoms. The van der Waals surface area contributed by atoms with Gasteiger partial charge in [-0.05, 0) is 55.5 Å². The predicted molar refractivity (Wildman–Crippen MR) is 190 cm³/mol. The Bertz CT molecular complexity index is 1600. The molecule has 1 fully saturated rings. The summed E-state index contributed by atoms with van der Waals surface area (Å²) in [6.07, 6.45) is 0.725. The first-order valence-electron chi connectivity index (χ1n) is 16.5. The van der Waals surface area contributed by atoms with Crippen LogP contribution < -0.4 is 0 Å². The van der Waals surface area contributed by atoms with Crippen molar-refractivity contribution < 1.29 is 23.5 Å². The van der Waals surface area contributed by atoms with Crippen LogP contribution in [0.15, 0.2) is 70.0 Å². The number of urea groups is 1. The molecule has 1 aliphatic rings. The Hall–Kier alpha value is -3.36. The molecule has 0 radical (unpaired) electrons. The zero-order chi connectivity index (χ0) is 35.0. The van der Waals surface area contributed by atoms with Crippen molar-refractivity contribution in [3.8, 4) is 0 Å². The highest BCUT2D eigenvalue weighted by Crippen LogP contribution is 2.24. The molecule has 0 saturated carbocycles. The summed E-state index contributed by atoms with van der Waals surface area (Å²) >= 11 is 1.52. The first-order valence-corrected chi connectivity index (χ1v) is 18.8. The van der Waals surface area contributed by atoms with Crippen LogP contribution in [0.3, 0.4) is 0 Å². The van der Waals surface area contributed by atoms with Gasteiger partial charge in [0.25, 0.3) is 0 Å². The number of benzene rings is 2. The lowest BCUT2D eigenvalue weighted by molar-refractivity contribution is 0.0446. The number of carbonyl (C=O) groups is 1. The van der Waals surface area contributed by atoms with Crippen molar-refractivity contribution in [1.82, 2.24) is 24.0 Å². The zero-order valence-corrected chi connectivity index (χ0v) is 30.4. The van der Waals surface area contributed by atoms with E-state index < -0.39 is 22.2 Å². The van der Waals surface area contributed by atoms with Gasteiger partial charge in [0.05, 0.1) is 36.0 Å². The number of aliphatic hydroxyl groups excluding tert-OH is 1. The van der Waals surface area contributed by atoms with Crippen LogP contribution in [-0.4, -0.2) is 106 Å². The Balaban J connectivity index is 1.51. The lowest BCUT2D eigenvalue weighted by atomic mass is 9.99. The number of sulfonamides is 1. The molecule has 2 amide bonds. The summed E-state index contributed by atoms with van der Waals surface area (Å²) < 4.78 is 29.1. The molecular formula is C35H50N6O5S2. The smallest absolute Gasteiger partial charge is 0.320 e. The van der Waals surface area contributed by atoms with E-state index in [1.807, 2.05) is 71.3 Å². The van der Waals surface area contributed by atoms with E-state index in [4.69, 9.17) is 10.2 Å². The van der Waals surface area contributed by atoms with E-state index in [9.17, 15) is 18.3 Å². The average molecular weight is 699 g/mol. The Morgan fingerprint density at radius 3 is 2.33 bits per heavy atom. The minimum atomic E-state index is -3.94. The van der Waals surface area contributed by atoms with Gasteiger partial charge in [0.15, 0.2) is 0 Å². The SMILES string of the molecule is CC(C)CN(C[C@@H](O)[C@H](Cc1ccccc1)N(C)Cc1nc(CN2CCN([C@@H](C)C(C)C)C2=O)cs1)S(=O)(=O)c1ccc(/C=N/O)cc1. The number of carbonyl (C=O) groups excluding carboxylic acids is 1. The molecule has 1 aliphatic heterocycles. The number of hydrogen-bond acceptors (Lipinski definition) is 9. The second-order valence-electron chi connectivity index (χ2n) is 13.4. The lowest BCUT2D eigenvalue weighted by Crippen LogP contribution is -2.49. The van der Waals surface area contributed by atoms with Gasteiger partial charge >= 0.3 is 6.03 Å². The summed E-state index contributed by atoms with van der Waals surface area (Å²) in [6, 6.07) is 15.8. The Morgan fingerprint density at radius 2 is 1.71 bits per heavy atom. The van der Waals surface area contributed by atoms with Crippen LogP contribution in [0.2, 0.25) is 0 Å². The number of likely N-dealkylation sites (N-methyl/N-ethyl adjacent to an activating group) is 1. The third-order valence-corrected chi connectivity index (χ3v) is 11.6. The van der Waals surface area contributed by atoms with E-state index in [0.717, 1.165) is 16.3 Å². The largest absolute Gasteiger partial charge is 0.411 e. The van der Waals surface area contributed by atoms with Gasteiger partial charge in [-0.2, -0.15) is 4.31 Å². The lowest BCUT2D eigenvalue weighted by Gasteiger charge is -2.35. The van der Waals surface area contributed by atoms with Gasteiger partial charge in [-0.3, -0.25) is 4.90 Å². The minimum Gasteiger partial charge on any atom is -0.411 e. The van der Waals surface area contributed by atoms with E-state index in [1.165, 1.54) is 34.0 Å². The normalized spacial score (nSPS) is 16.3. The maximum absolute atomic E-state index is 13.9. The summed E-state index contributed by atoms with van der Waals surface area (Å²) in [6.45, 7) is 12.7. The van der Waals surface area contributed by atoms with Gasteiger partial charge in [0.2, 0.25) is 10.0 Å². The number of nitrogens with zero attached hydrogens (tertiary/aromatic N) is 6. The predicted octanol–water partition coefficient (Wildman–Crippen LogP) is 4.98. The third kappa shape index (κ3) is 9.63. The number of thiazole rings is 1. The number of rotatable bonds is 17. The van der Waals surface area contributed by atoms with Crippen molar-refractivity contribution in [3.63, 3.8) is 0 Å². The van der Waals surface area contributed by atoms with Crippen LogP contribution in [-0.2, 0) is 29.5 Å². The molecule has 0 bridgehead atoms. The number of amides is 2. The second kappa shape index (κ2) is 16.8. The summed E-state index contributed by atoms with van der Waals surface area (Å²) in [5.41, 5.74) is 2.43. The van der Waals surface area contributed by atoms with Gasteiger partial charge in [0, 0.05) is 43.6 Å². The fourth-order valence-electron chi connectivity index (χ4n) is 5.90. The zero-order valence-electron chi connectivity index (χ0n) is 28.8. The fraction of sp³-hybridized carbons (Fsp3) is 0.514. The number of hydrogen-bond donors (Lipinski definition) is 2. The highest BCUT2D eigenvalue weighted by atomic mass is 32.2. The summed E-state index contributed by atoms with van der Waals surface area (Å²) in [5.74, 6) is 0.404. The molecule has 1 aromatic heterocycles. The molecule has 4 rings (SSSR count). The molecule has 3 atom stereocenters. The van der Waals surface area contributed by atoms with E-state index in [2.05, 4.69) is 25.9 Å².